The molecule has 3 rings (SSSR count). The van der Waals surface area contributed by atoms with Crippen LogP contribution in [0, 0.1) is 0 Å². The van der Waals surface area contributed by atoms with Gasteiger partial charge in [0, 0.05) is 31.3 Å². The van der Waals surface area contributed by atoms with Crippen LogP contribution in [0.4, 0.5) is 5.69 Å². The Morgan fingerprint density at radius 2 is 2.10 bits per heavy atom. The van der Waals surface area contributed by atoms with Gasteiger partial charge in [-0.25, -0.2) is 0 Å². The van der Waals surface area contributed by atoms with Gasteiger partial charge >= 0.3 is 0 Å². The summed E-state index contributed by atoms with van der Waals surface area (Å²) in [6, 6.07) is 5.09. The van der Waals surface area contributed by atoms with Gasteiger partial charge in [0.05, 0.1) is 0 Å². The van der Waals surface area contributed by atoms with Gasteiger partial charge in [0.1, 0.15) is 6.04 Å². The molecule has 1 fully saturated rings. The van der Waals surface area contributed by atoms with Gasteiger partial charge in [-0.3, -0.25) is 19.7 Å². The van der Waals surface area contributed by atoms with Crippen LogP contribution in [0.5, 0.6) is 0 Å². The van der Waals surface area contributed by atoms with Gasteiger partial charge < -0.3 is 10.2 Å². The van der Waals surface area contributed by atoms with Crippen molar-refractivity contribution in [3.05, 3.63) is 29.3 Å². The van der Waals surface area contributed by atoms with E-state index in [0.29, 0.717) is 24.9 Å². The Labute approximate surface area is 116 Å². The highest BCUT2D eigenvalue weighted by Gasteiger charge is 2.28. The lowest BCUT2D eigenvalue weighted by molar-refractivity contribution is -0.133. The van der Waals surface area contributed by atoms with Gasteiger partial charge in [-0.1, -0.05) is 6.07 Å². The monoisotopic (exact) mass is 273 g/mol. The van der Waals surface area contributed by atoms with Crippen molar-refractivity contribution in [1.82, 2.24) is 10.2 Å². The number of carbonyl (C=O) groups is 3. The Morgan fingerprint density at radius 3 is 2.85 bits per heavy atom. The van der Waals surface area contributed by atoms with Gasteiger partial charge in [0.25, 0.3) is 5.91 Å². The topological polar surface area (TPSA) is 78.5 Å². The van der Waals surface area contributed by atoms with Crippen LogP contribution in [-0.4, -0.2) is 35.7 Å². The summed E-state index contributed by atoms with van der Waals surface area (Å²) < 4.78 is 0. The molecule has 0 saturated carbocycles. The van der Waals surface area contributed by atoms with E-state index >= 15 is 0 Å². The molecule has 104 valence electrons. The van der Waals surface area contributed by atoms with E-state index in [2.05, 4.69) is 10.6 Å². The molecule has 2 aliphatic heterocycles. The van der Waals surface area contributed by atoms with E-state index in [9.17, 15) is 14.4 Å². The van der Waals surface area contributed by atoms with Gasteiger partial charge in [0.2, 0.25) is 11.8 Å². The zero-order chi connectivity index (χ0) is 14.3. The van der Waals surface area contributed by atoms with Gasteiger partial charge in [-0.2, -0.15) is 0 Å². The fourth-order valence-electron chi connectivity index (χ4n) is 2.57. The number of imide groups is 1. The SMILES string of the molecule is CN1Cc2ccc(NC3CCC(=O)NC3=O)cc2C1=O. The van der Waals surface area contributed by atoms with E-state index < -0.39 is 6.04 Å². The van der Waals surface area contributed by atoms with Crippen molar-refractivity contribution in [2.24, 2.45) is 0 Å². The van der Waals surface area contributed by atoms with Crippen molar-refractivity contribution < 1.29 is 14.4 Å². The summed E-state index contributed by atoms with van der Waals surface area (Å²) in [6.07, 6.45) is 0.797. The standard InChI is InChI=1S/C14H15N3O3/c1-17-7-8-2-3-9(6-10(8)14(17)20)15-11-4-5-12(18)16-13(11)19/h2-3,6,11,15H,4-5,7H2,1H3,(H,16,18,19). The highest BCUT2D eigenvalue weighted by Crippen LogP contribution is 2.25. The van der Waals surface area contributed by atoms with Crippen LogP contribution in [0.1, 0.15) is 28.8 Å². The third-order valence-electron chi connectivity index (χ3n) is 3.67. The van der Waals surface area contributed by atoms with E-state index in [-0.39, 0.29) is 17.7 Å². The predicted molar refractivity (Wildman–Crippen MR) is 72.0 cm³/mol. The number of nitrogens with one attached hydrogen (secondary N) is 2. The smallest absolute Gasteiger partial charge is 0.254 e. The molecule has 0 aliphatic carbocycles. The van der Waals surface area contributed by atoms with Crippen molar-refractivity contribution in [2.45, 2.75) is 25.4 Å². The first-order chi connectivity index (χ1) is 9.54. The van der Waals surface area contributed by atoms with Crippen molar-refractivity contribution >= 4 is 23.4 Å². The second-order valence-corrected chi connectivity index (χ2v) is 5.18. The molecule has 6 nitrogen and oxygen atoms in total. The van der Waals surface area contributed by atoms with E-state index in [1.165, 1.54) is 0 Å². The molecular formula is C14H15N3O3. The van der Waals surface area contributed by atoms with Crippen molar-refractivity contribution in [3.63, 3.8) is 0 Å². The minimum absolute atomic E-state index is 0.00748. The third-order valence-corrected chi connectivity index (χ3v) is 3.67. The first kappa shape index (κ1) is 12.7. The molecule has 1 atom stereocenters. The van der Waals surface area contributed by atoms with Crippen LogP contribution in [-0.2, 0) is 16.1 Å². The quantitative estimate of drug-likeness (QED) is 0.769. The number of benzene rings is 1. The average molecular weight is 273 g/mol. The number of rotatable bonds is 2. The van der Waals surface area contributed by atoms with Crippen LogP contribution < -0.4 is 10.6 Å². The lowest BCUT2D eigenvalue weighted by Crippen LogP contribution is -2.47. The Morgan fingerprint density at radius 1 is 1.30 bits per heavy atom. The van der Waals surface area contributed by atoms with E-state index in [4.69, 9.17) is 0 Å². The van der Waals surface area contributed by atoms with Gasteiger partial charge in [-0.15, -0.1) is 0 Å². The van der Waals surface area contributed by atoms with Crippen LogP contribution >= 0.6 is 0 Å². The van der Waals surface area contributed by atoms with E-state index in [1.54, 1.807) is 18.0 Å². The molecule has 2 heterocycles. The summed E-state index contributed by atoms with van der Waals surface area (Å²) >= 11 is 0. The first-order valence-corrected chi connectivity index (χ1v) is 6.53. The summed E-state index contributed by atoms with van der Waals surface area (Å²) in [5, 5.41) is 5.38. The molecule has 1 saturated heterocycles. The minimum Gasteiger partial charge on any atom is -0.374 e. The lowest BCUT2D eigenvalue weighted by Gasteiger charge is -2.22. The Balaban J connectivity index is 1.78. The molecule has 2 aliphatic rings. The zero-order valence-electron chi connectivity index (χ0n) is 11.1. The molecular weight excluding hydrogens is 258 g/mol. The number of fused-ring (bicyclic) bond motifs is 1. The highest BCUT2D eigenvalue weighted by molar-refractivity contribution is 6.02. The molecule has 1 aromatic rings. The summed E-state index contributed by atoms with van der Waals surface area (Å²) in [5.41, 5.74) is 2.39. The van der Waals surface area contributed by atoms with Gasteiger partial charge in [0.15, 0.2) is 0 Å². The van der Waals surface area contributed by atoms with Crippen LogP contribution in [0.3, 0.4) is 0 Å². The van der Waals surface area contributed by atoms with Crippen molar-refractivity contribution in [3.8, 4) is 0 Å². The Hall–Kier alpha value is -2.37. The van der Waals surface area contributed by atoms with Crippen LogP contribution in [0.25, 0.3) is 0 Å². The molecule has 0 aromatic heterocycles. The summed E-state index contributed by atoms with van der Waals surface area (Å²) in [4.78, 5) is 36.4. The molecule has 0 radical (unpaired) electrons. The largest absolute Gasteiger partial charge is 0.374 e. The summed E-state index contributed by atoms with van der Waals surface area (Å²) in [7, 11) is 1.76. The molecule has 1 unspecified atom stereocenters. The van der Waals surface area contributed by atoms with E-state index in [0.717, 1.165) is 11.3 Å². The van der Waals surface area contributed by atoms with Crippen LogP contribution in [0.2, 0.25) is 0 Å². The highest BCUT2D eigenvalue weighted by atomic mass is 16.2. The van der Waals surface area contributed by atoms with Crippen LogP contribution in [0.15, 0.2) is 18.2 Å². The third kappa shape index (κ3) is 2.13. The summed E-state index contributed by atoms with van der Waals surface area (Å²) in [6.45, 7) is 0.618. The maximum atomic E-state index is 11.9. The first-order valence-electron chi connectivity index (χ1n) is 6.53. The molecule has 0 bridgehead atoms. The zero-order valence-corrected chi connectivity index (χ0v) is 11.1. The fourth-order valence-corrected chi connectivity index (χ4v) is 2.57. The number of hydrogen-bond acceptors (Lipinski definition) is 4. The maximum Gasteiger partial charge on any atom is 0.254 e. The lowest BCUT2D eigenvalue weighted by atomic mass is 10.0. The molecule has 1 aromatic carbocycles. The number of anilines is 1. The normalized spacial score (nSPS) is 21.8. The predicted octanol–water partition coefficient (Wildman–Crippen LogP) is 0.489. The van der Waals surface area contributed by atoms with Crippen molar-refractivity contribution in [2.75, 3.05) is 12.4 Å². The maximum absolute atomic E-state index is 11.9. The molecule has 6 heteroatoms. The number of nitrogens with zero attached hydrogens (tertiary/aromatic N) is 1. The average Bonchev–Trinajstić information content (AvgIpc) is 2.69. The second-order valence-electron chi connectivity index (χ2n) is 5.18. The molecule has 2 N–H and O–H groups in total. The number of amides is 3. The molecule has 0 spiro atoms. The number of piperidine rings is 1. The second kappa shape index (κ2) is 4.63. The number of carbonyl (C=O) groups excluding carboxylic acids is 3. The summed E-state index contributed by atoms with van der Waals surface area (Å²) in [5.74, 6) is -0.559. The molecule has 20 heavy (non-hydrogen) atoms. The minimum atomic E-state index is -0.431. The number of hydrogen-bond donors (Lipinski definition) is 2. The van der Waals surface area contributed by atoms with Crippen molar-refractivity contribution in [1.29, 1.82) is 0 Å². The fraction of sp³-hybridized carbons (Fsp3) is 0.357. The van der Waals surface area contributed by atoms with E-state index in [1.807, 2.05) is 12.1 Å². The Kier molecular flexibility index (Phi) is 2.93. The Bertz CT molecular complexity index is 612. The molecule has 3 amide bonds. The van der Waals surface area contributed by atoms with Gasteiger partial charge in [-0.05, 0) is 24.1 Å².